The van der Waals surface area contributed by atoms with Gasteiger partial charge >= 0.3 is 0 Å². The number of carbonyl (C=O) groups excluding carboxylic acids is 1. The molecule has 1 aromatic heterocycles. The average molecular weight is 390 g/mol. The molecule has 1 heterocycles. The fourth-order valence-electron chi connectivity index (χ4n) is 2.87. The summed E-state index contributed by atoms with van der Waals surface area (Å²) in [5, 5.41) is 6.22. The van der Waals surface area contributed by atoms with Crippen LogP contribution >= 0.6 is 0 Å². The van der Waals surface area contributed by atoms with Crippen LogP contribution < -0.4 is 10.6 Å². The number of anilines is 1. The second-order valence-electron chi connectivity index (χ2n) is 6.71. The van der Waals surface area contributed by atoms with Gasteiger partial charge in [0.25, 0.3) is 5.91 Å². The number of ether oxygens (including phenoxy) is 1. The smallest absolute Gasteiger partial charge is 0.270 e. The predicted octanol–water partition coefficient (Wildman–Crippen LogP) is 3.83. The molecule has 29 heavy (non-hydrogen) atoms. The molecule has 2 aromatic carbocycles. The lowest BCUT2D eigenvalue weighted by molar-refractivity contribution is 0.0943. The zero-order chi connectivity index (χ0) is 20.5. The van der Waals surface area contributed by atoms with Crippen molar-refractivity contribution in [2.75, 3.05) is 25.6 Å². The van der Waals surface area contributed by atoms with Gasteiger partial charge in [0.1, 0.15) is 11.5 Å². The fourth-order valence-corrected chi connectivity index (χ4v) is 2.87. The minimum atomic E-state index is -0.223. The van der Waals surface area contributed by atoms with E-state index in [0.717, 1.165) is 12.0 Å². The van der Waals surface area contributed by atoms with E-state index < -0.39 is 0 Å². The number of aromatic nitrogens is 2. The molecule has 0 aliphatic carbocycles. The Balaban J connectivity index is 1.82. The van der Waals surface area contributed by atoms with Gasteiger partial charge in [0.05, 0.1) is 0 Å². The topological polar surface area (TPSA) is 76.1 Å². The Bertz CT molecular complexity index is 945. The molecule has 0 atom stereocenters. The van der Waals surface area contributed by atoms with Crippen LogP contribution in [-0.4, -0.2) is 36.1 Å². The van der Waals surface area contributed by atoms with Gasteiger partial charge in [-0.05, 0) is 24.5 Å². The molecule has 0 saturated carbocycles. The second-order valence-corrected chi connectivity index (χ2v) is 6.71. The summed E-state index contributed by atoms with van der Waals surface area (Å²) < 4.78 is 5.02. The molecule has 3 aromatic rings. The van der Waals surface area contributed by atoms with E-state index in [2.05, 4.69) is 39.7 Å². The number of benzene rings is 2. The number of hydrogen-bond donors (Lipinski definition) is 2. The lowest BCUT2D eigenvalue weighted by atomic mass is 10.1. The van der Waals surface area contributed by atoms with Gasteiger partial charge in [0.2, 0.25) is 0 Å². The molecule has 6 heteroatoms. The highest BCUT2D eigenvalue weighted by molar-refractivity contribution is 5.93. The van der Waals surface area contributed by atoms with Crippen molar-refractivity contribution in [3.05, 3.63) is 77.5 Å². The largest absolute Gasteiger partial charge is 0.385 e. The van der Waals surface area contributed by atoms with Crippen LogP contribution in [0.2, 0.25) is 0 Å². The number of amides is 1. The molecule has 0 saturated heterocycles. The predicted molar refractivity (Wildman–Crippen MR) is 115 cm³/mol. The summed E-state index contributed by atoms with van der Waals surface area (Å²) in [7, 11) is 1.64. The molecule has 0 aliphatic rings. The maximum Gasteiger partial charge on any atom is 0.270 e. The lowest BCUT2D eigenvalue weighted by Gasteiger charge is -2.12. The normalized spacial score (nSPS) is 10.6. The van der Waals surface area contributed by atoms with Crippen LogP contribution in [0.3, 0.4) is 0 Å². The van der Waals surface area contributed by atoms with Crippen LogP contribution in [-0.2, 0) is 11.3 Å². The van der Waals surface area contributed by atoms with Crippen molar-refractivity contribution in [3.63, 3.8) is 0 Å². The Morgan fingerprint density at radius 3 is 2.55 bits per heavy atom. The minimum Gasteiger partial charge on any atom is -0.385 e. The first-order valence-corrected chi connectivity index (χ1v) is 9.67. The minimum absolute atomic E-state index is 0.223. The maximum atomic E-state index is 12.6. The third-order valence-corrected chi connectivity index (χ3v) is 4.52. The quantitative estimate of drug-likeness (QED) is 0.543. The first kappa shape index (κ1) is 20.5. The average Bonchev–Trinajstić information content (AvgIpc) is 2.76. The van der Waals surface area contributed by atoms with Gasteiger partial charge in [-0.1, -0.05) is 54.6 Å². The van der Waals surface area contributed by atoms with Crippen LogP contribution in [0.4, 0.5) is 5.82 Å². The number of rotatable bonds is 9. The molecule has 0 bridgehead atoms. The zero-order valence-corrected chi connectivity index (χ0v) is 16.8. The monoisotopic (exact) mass is 390 g/mol. The van der Waals surface area contributed by atoms with E-state index in [1.54, 1.807) is 13.2 Å². The molecule has 2 N–H and O–H groups in total. The van der Waals surface area contributed by atoms with Gasteiger partial charge in [0.15, 0.2) is 5.82 Å². The molecule has 0 unspecified atom stereocenters. The van der Waals surface area contributed by atoms with E-state index >= 15 is 0 Å². The Morgan fingerprint density at radius 1 is 1.03 bits per heavy atom. The molecule has 1 amide bonds. The number of hydrogen-bond acceptors (Lipinski definition) is 5. The van der Waals surface area contributed by atoms with Crippen molar-refractivity contribution in [1.29, 1.82) is 0 Å². The van der Waals surface area contributed by atoms with Crippen molar-refractivity contribution in [3.8, 4) is 11.4 Å². The Hall–Kier alpha value is -3.25. The molecule has 0 spiro atoms. The number of aryl methyl sites for hydroxylation is 1. The van der Waals surface area contributed by atoms with Gasteiger partial charge < -0.3 is 15.4 Å². The highest BCUT2D eigenvalue weighted by Crippen LogP contribution is 2.19. The second kappa shape index (κ2) is 10.3. The molecular formula is C23H26N4O2. The lowest BCUT2D eigenvalue weighted by Crippen LogP contribution is -2.26. The van der Waals surface area contributed by atoms with Crippen LogP contribution in [0.25, 0.3) is 11.4 Å². The molecule has 6 nitrogen and oxygen atoms in total. The number of nitrogens with zero attached hydrogens (tertiary/aromatic N) is 2. The van der Waals surface area contributed by atoms with E-state index in [1.165, 1.54) is 11.1 Å². The van der Waals surface area contributed by atoms with E-state index in [1.807, 2.05) is 42.5 Å². The van der Waals surface area contributed by atoms with Crippen LogP contribution in [0.1, 0.15) is 28.0 Å². The Morgan fingerprint density at radius 2 is 1.79 bits per heavy atom. The van der Waals surface area contributed by atoms with E-state index in [9.17, 15) is 4.79 Å². The van der Waals surface area contributed by atoms with Crippen LogP contribution in [0, 0.1) is 6.92 Å². The summed E-state index contributed by atoms with van der Waals surface area (Å²) in [6.07, 6.45) is 0.747. The third-order valence-electron chi connectivity index (χ3n) is 4.52. The van der Waals surface area contributed by atoms with E-state index in [-0.39, 0.29) is 5.91 Å². The van der Waals surface area contributed by atoms with Gasteiger partial charge in [0, 0.05) is 38.4 Å². The zero-order valence-electron chi connectivity index (χ0n) is 16.8. The van der Waals surface area contributed by atoms with Crippen molar-refractivity contribution in [2.24, 2.45) is 0 Å². The van der Waals surface area contributed by atoms with Gasteiger partial charge in [-0.3, -0.25) is 4.79 Å². The first-order chi connectivity index (χ1) is 14.2. The molecular weight excluding hydrogens is 364 g/mol. The van der Waals surface area contributed by atoms with Crippen molar-refractivity contribution in [1.82, 2.24) is 15.3 Å². The SMILES string of the molecule is COCCCNC(=O)c1cc(NCc2ccccc2C)nc(-c2ccccc2)n1. The summed E-state index contributed by atoms with van der Waals surface area (Å²) in [4.78, 5) is 21.7. The maximum absolute atomic E-state index is 12.6. The van der Waals surface area contributed by atoms with Gasteiger partial charge in [-0.15, -0.1) is 0 Å². The molecule has 150 valence electrons. The standard InChI is InChI=1S/C23H26N4O2/c1-17-9-6-7-12-19(17)16-25-21-15-20(23(28)24-13-8-14-29-2)26-22(27-21)18-10-4-3-5-11-18/h3-7,9-12,15H,8,13-14,16H2,1-2H3,(H,24,28)(H,25,26,27). The van der Waals surface area contributed by atoms with Crippen molar-refractivity contribution in [2.45, 2.75) is 19.9 Å². The molecule has 3 rings (SSSR count). The van der Waals surface area contributed by atoms with Crippen LogP contribution in [0.5, 0.6) is 0 Å². The van der Waals surface area contributed by atoms with Crippen LogP contribution in [0.15, 0.2) is 60.7 Å². The number of nitrogens with one attached hydrogen (secondary N) is 2. The third kappa shape index (κ3) is 5.86. The summed E-state index contributed by atoms with van der Waals surface area (Å²) in [6.45, 7) is 3.82. The van der Waals surface area contributed by atoms with E-state index in [4.69, 9.17) is 4.74 Å². The molecule has 0 aliphatic heterocycles. The summed E-state index contributed by atoms with van der Waals surface area (Å²) >= 11 is 0. The summed E-state index contributed by atoms with van der Waals surface area (Å²) in [5.74, 6) is 0.909. The first-order valence-electron chi connectivity index (χ1n) is 9.67. The fraction of sp³-hybridized carbons (Fsp3) is 0.261. The highest BCUT2D eigenvalue weighted by atomic mass is 16.5. The Kier molecular flexibility index (Phi) is 7.30. The summed E-state index contributed by atoms with van der Waals surface area (Å²) in [5.41, 5.74) is 3.58. The van der Waals surface area contributed by atoms with E-state index in [0.29, 0.717) is 37.0 Å². The number of carbonyl (C=O) groups is 1. The molecule has 0 fully saturated rings. The van der Waals surface area contributed by atoms with Crippen molar-refractivity contribution < 1.29 is 9.53 Å². The van der Waals surface area contributed by atoms with Crippen molar-refractivity contribution >= 4 is 11.7 Å². The Labute approximate surface area is 171 Å². The van der Waals surface area contributed by atoms with Gasteiger partial charge in [-0.2, -0.15) is 0 Å². The highest BCUT2D eigenvalue weighted by Gasteiger charge is 2.13. The summed E-state index contributed by atoms with van der Waals surface area (Å²) in [6, 6.07) is 19.5. The molecule has 0 radical (unpaired) electrons. The van der Waals surface area contributed by atoms with Gasteiger partial charge in [-0.25, -0.2) is 9.97 Å². The number of methoxy groups -OCH3 is 1.